The SMILES string of the molecule is CCN1CCN(C(=O)C2CCN(c3ccc(C)c(NC(C)c4ccc(Cl)cc4Cl)c3)CC2)CC1. The van der Waals surface area contributed by atoms with E-state index in [4.69, 9.17) is 23.2 Å². The van der Waals surface area contributed by atoms with Crippen LogP contribution in [0, 0.1) is 12.8 Å². The normalized spacial score (nSPS) is 18.7. The van der Waals surface area contributed by atoms with Crippen molar-refractivity contribution in [2.75, 3.05) is 56.0 Å². The Morgan fingerprint density at radius 2 is 1.74 bits per heavy atom. The molecule has 2 aliphatic rings. The van der Waals surface area contributed by atoms with E-state index in [9.17, 15) is 4.79 Å². The Hall–Kier alpha value is -1.95. The molecule has 1 atom stereocenters. The number of amides is 1. The van der Waals surface area contributed by atoms with E-state index in [1.807, 2.05) is 12.1 Å². The standard InChI is InChI=1S/C27H36Cl2N4O/c1-4-31-13-15-33(16-14-31)27(34)21-9-11-32(12-10-21)23-7-5-19(2)26(18-23)30-20(3)24-8-6-22(28)17-25(24)29/h5-8,17-18,20-21,30H,4,9-16H2,1-3H3. The number of carbonyl (C=O) groups excluding carboxylic acids is 1. The van der Waals surface area contributed by atoms with Gasteiger partial charge in [0.25, 0.3) is 0 Å². The van der Waals surface area contributed by atoms with Crippen molar-refractivity contribution in [3.05, 3.63) is 57.6 Å². The van der Waals surface area contributed by atoms with E-state index in [1.165, 1.54) is 11.3 Å². The Balaban J connectivity index is 1.36. The average Bonchev–Trinajstić information content (AvgIpc) is 2.85. The fourth-order valence-corrected chi connectivity index (χ4v) is 5.63. The smallest absolute Gasteiger partial charge is 0.225 e. The van der Waals surface area contributed by atoms with Crippen LogP contribution in [0.2, 0.25) is 10.0 Å². The first kappa shape index (κ1) is 25.2. The van der Waals surface area contributed by atoms with E-state index < -0.39 is 0 Å². The van der Waals surface area contributed by atoms with Crippen molar-refractivity contribution in [3.8, 4) is 0 Å². The Morgan fingerprint density at radius 3 is 2.38 bits per heavy atom. The molecule has 2 aromatic rings. The number of anilines is 2. The summed E-state index contributed by atoms with van der Waals surface area (Å²) in [6.07, 6.45) is 1.83. The van der Waals surface area contributed by atoms with Gasteiger partial charge in [0.05, 0.1) is 6.04 Å². The molecular weight excluding hydrogens is 467 g/mol. The minimum Gasteiger partial charge on any atom is -0.378 e. The van der Waals surface area contributed by atoms with Crippen molar-refractivity contribution in [1.29, 1.82) is 0 Å². The molecule has 0 aliphatic carbocycles. The van der Waals surface area contributed by atoms with E-state index in [0.29, 0.717) is 16.0 Å². The van der Waals surface area contributed by atoms with Gasteiger partial charge in [-0.05, 0) is 68.6 Å². The summed E-state index contributed by atoms with van der Waals surface area (Å²) in [5, 5.41) is 4.94. The molecule has 2 saturated heterocycles. The topological polar surface area (TPSA) is 38.8 Å². The highest BCUT2D eigenvalue weighted by Gasteiger charge is 2.30. The highest BCUT2D eigenvalue weighted by atomic mass is 35.5. The maximum Gasteiger partial charge on any atom is 0.225 e. The lowest BCUT2D eigenvalue weighted by atomic mass is 9.94. The number of piperidine rings is 1. The summed E-state index contributed by atoms with van der Waals surface area (Å²) >= 11 is 12.5. The zero-order chi connectivity index (χ0) is 24.2. The Labute approximate surface area is 214 Å². The molecule has 1 amide bonds. The quantitative estimate of drug-likeness (QED) is 0.537. The molecule has 1 N–H and O–H groups in total. The number of aryl methyl sites for hydroxylation is 1. The third-order valence-electron chi connectivity index (χ3n) is 7.36. The maximum atomic E-state index is 13.1. The van der Waals surface area contributed by atoms with Gasteiger partial charge in [0, 0.05) is 66.6 Å². The number of hydrogen-bond acceptors (Lipinski definition) is 4. The van der Waals surface area contributed by atoms with Gasteiger partial charge in [0.1, 0.15) is 0 Å². The van der Waals surface area contributed by atoms with Gasteiger partial charge in [-0.3, -0.25) is 4.79 Å². The van der Waals surface area contributed by atoms with Crippen LogP contribution in [-0.4, -0.2) is 61.5 Å². The number of carbonyl (C=O) groups is 1. The molecule has 4 rings (SSSR count). The van der Waals surface area contributed by atoms with Gasteiger partial charge in [0.15, 0.2) is 0 Å². The van der Waals surface area contributed by atoms with E-state index in [-0.39, 0.29) is 12.0 Å². The summed E-state index contributed by atoms with van der Waals surface area (Å²) in [5.41, 5.74) is 4.51. The summed E-state index contributed by atoms with van der Waals surface area (Å²) < 4.78 is 0. The summed E-state index contributed by atoms with van der Waals surface area (Å²) in [6, 6.07) is 12.3. The minimum absolute atomic E-state index is 0.0512. The highest BCUT2D eigenvalue weighted by molar-refractivity contribution is 6.35. The van der Waals surface area contributed by atoms with Crippen LogP contribution in [0.15, 0.2) is 36.4 Å². The minimum atomic E-state index is 0.0512. The summed E-state index contributed by atoms with van der Waals surface area (Å²) in [5.74, 6) is 0.509. The Kier molecular flexibility index (Phi) is 8.28. The lowest BCUT2D eigenvalue weighted by Gasteiger charge is -2.39. The fourth-order valence-electron chi connectivity index (χ4n) is 5.05. The monoisotopic (exact) mass is 502 g/mol. The van der Waals surface area contributed by atoms with Crippen LogP contribution in [-0.2, 0) is 4.79 Å². The fraction of sp³-hybridized carbons (Fsp3) is 0.519. The second kappa shape index (κ2) is 11.2. The van der Waals surface area contributed by atoms with Gasteiger partial charge >= 0.3 is 0 Å². The molecule has 7 heteroatoms. The largest absolute Gasteiger partial charge is 0.378 e. The first-order chi connectivity index (χ1) is 16.4. The molecule has 2 fully saturated rings. The van der Waals surface area contributed by atoms with Crippen molar-refractivity contribution in [3.63, 3.8) is 0 Å². The number of piperazine rings is 1. The lowest BCUT2D eigenvalue weighted by molar-refractivity contribution is -0.137. The molecule has 184 valence electrons. The van der Waals surface area contributed by atoms with Gasteiger partial charge in [-0.1, -0.05) is 42.3 Å². The van der Waals surface area contributed by atoms with Crippen LogP contribution < -0.4 is 10.2 Å². The average molecular weight is 504 g/mol. The maximum absolute atomic E-state index is 13.1. The van der Waals surface area contributed by atoms with Crippen LogP contribution in [0.4, 0.5) is 11.4 Å². The molecule has 0 aromatic heterocycles. The molecule has 34 heavy (non-hydrogen) atoms. The van der Waals surface area contributed by atoms with Gasteiger partial charge < -0.3 is 20.0 Å². The van der Waals surface area contributed by atoms with Gasteiger partial charge in [-0.15, -0.1) is 0 Å². The zero-order valence-corrected chi connectivity index (χ0v) is 22.0. The van der Waals surface area contributed by atoms with Crippen LogP contribution in [0.3, 0.4) is 0 Å². The van der Waals surface area contributed by atoms with Gasteiger partial charge in [-0.2, -0.15) is 0 Å². The second-order valence-electron chi connectivity index (χ2n) is 9.55. The number of hydrogen-bond donors (Lipinski definition) is 1. The van der Waals surface area contributed by atoms with E-state index in [1.54, 1.807) is 6.07 Å². The number of nitrogens with one attached hydrogen (secondary N) is 1. The number of benzene rings is 2. The van der Waals surface area contributed by atoms with Crippen molar-refractivity contribution >= 4 is 40.5 Å². The second-order valence-corrected chi connectivity index (χ2v) is 10.4. The predicted molar refractivity (Wildman–Crippen MR) is 143 cm³/mol. The van der Waals surface area contributed by atoms with Crippen molar-refractivity contribution < 1.29 is 4.79 Å². The van der Waals surface area contributed by atoms with Crippen molar-refractivity contribution in [2.24, 2.45) is 5.92 Å². The van der Waals surface area contributed by atoms with Crippen LogP contribution in [0.25, 0.3) is 0 Å². The van der Waals surface area contributed by atoms with Crippen LogP contribution in [0.1, 0.15) is 43.9 Å². The van der Waals surface area contributed by atoms with Crippen LogP contribution in [0.5, 0.6) is 0 Å². The van der Waals surface area contributed by atoms with E-state index in [2.05, 4.69) is 59.0 Å². The molecule has 1 unspecified atom stereocenters. The Bertz CT molecular complexity index is 998. The molecule has 2 aromatic carbocycles. The van der Waals surface area contributed by atoms with Gasteiger partial charge in [0.2, 0.25) is 5.91 Å². The molecule has 2 heterocycles. The molecular formula is C27H36Cl2N4O. The summed E-state index contributed by atoms with van der Waals surface area (Å²) in [7, 11) is 0. The first-order valence-electron chi connectivity index (χ1n) is 12.4. The van der Waals surface area contributed by atoms with E-state index in [0.717, 1.165) is 69.9 Å². The number of nitrogens with zero attached hydrogens (tertiary/aromatic N) is 3. The summed E-state index contributed by atoms with van der Waals surface area (Å²) in [4.78, 5) is 20.0. The molecule has 0 radical (unpaired) electrons. The predicted octanol–water partition coefficient (Wildman–Crippen LogP) is 5.86. The molecule has 5 nitrogen and oxygen atoms in total. The van der Waals surface area contributed by atoms with E-state index >= 15 is 0 Å². The molecule has 2 aliphatic heterocycles. The molecule has 0 spiro atoms. The Morgan fingerprint density at radius 1 is 1.03 bits per heavy atom. The van der Waals surface area contributed by atoms with Crippen LogP contribution >= 0.6 is 23.2 Å². The zero-order valence-electron chi connectivity index (χ0n) is 20.5. The summed E-state index contributed by atoms with van der Waals surface area (Å²) in [6.45, 7) is 13.0. The van der Waals surface area contributed by atoms with Crippen molar-refractivity contribution in [2.45, 2.75) is 39.7 Å². The third kappa shape index (κ3) is 5.81. The molecule has 0 bridgehead atoms. The lowest BCUT2D eigenvalue weighted by Crippen LogP contribution is -2.51. The van der Waals surface area contributed by atoms with Crippen molar-refractivity contribution in [1.82, 2.24) is 9.80 Å². The first-order valence-corrected chi connectivity index (χ1v) is 13.2. The highest BCUT2D eigenvalue weighted by Crippen LogP contribution is 2.32. The van der Waals surface area contributed by atoms with Gasteiger partial charge in [-0.25, -0.2) is 0 Å². The number of halogens is 2. The third-order valence-corrected chi connectivity index (χ3v) is 7.93. The molecule has 0 saturated carbocycles. The number of likely N-dealkylation sites (N-methyl/N-ethyl adjacent to an activating group) is 1. The number of rotatable bonds is 6.